The van der Waals surface area contributed by atoms with Crippen molar-refractivity contribution in [3.63, 3.8) is 0 Å². The number of hydrogen-bond donors (Lipinski definition) is 1. The lowest BCUT2D eigenvalue weighted by molar-refractivity contribution is -0.123. The van der Waals surface area contributed by atoms with Crippen LogP contribution in [0.4, 0.5) is 5.69 Å². The largest absolute Gasteiger partial charge is 0.449 e. The van der Waals surface area contributed by atoms with Crippen LogP contribution < -0.4 is 5.32 Å². The Hall–Kier alpha value is -3.26. The SMILES string of the molecule is CC1CN(S(=O)(=O)c2ccc(C(=O)OC(C)C(=O)Nc3cccc(C#N)c3)cc2)CC(C)O1. The van der Waals surface area contributed by atoms with Crippen LogP contribution in [-0.2, 0) is 24.3 Å². The van der Waals surface area contributed by atoms with E-state index in [9.17, 15) is 18.0 Å². The Morgan fingerprint density at radius 3 is 2.39 bits per heavy atom. The number of morpholine rings is 1. The number of benzene rings is 2. The van der Waals surface area contributed by atoms with Gasteiger partial charge in [0, 0.05) is 18.8 Å². The third-order valence-corrected chi connectivity index (χ3v) is 6.87. The van der Waals surface area contributed by atoms with Gasteiger partial charge in [-0.25, -0.2) is 13.2 Å². The highest BCUT2D eigenvalue weighted by Crippen LogP contribution is 2.22. The molecule has 174 valence electrons. The van der Waals surface area contributed by atoms with Crippen LogP contribution in [0.1, 0.15) is 36.7 Å². The maximum atomic E-state index is 12.9. The maximum Gasteiger partial charge on any atom is 0.338 e. The van der Waals surface area contributed by atoms with Crippen LogP contribution in [0.25, 0.3) is 0 Å². The molecule has 1 aliphatic heterocycles. The van der Waals surface area contributed by atoms with Gasteiger partial charge in [-0.15, -0.1) is 0 Å². The number of nitriles is 1. The topological polar surface area (TPSA) is 126 Å². The molecule has 3 atom stereocenters. The summed E-state index contributed by atoms with van der Waals surface area (Å²) < 4.78 is 38.0. The lowest BCUT2D eigenvalue weighted by atomic mass is 10.2. The molecule has 0 spiro atoms. The quantitative estimate of drug-likeness (QED) is 0.642. The molecule has 10 heteroatoms. The molecule has 1 heterocycles. The Morgan fingerprint density at radius 1 is 1.15 bits per heavy atom. The van der Waals surface area contributed by atoms with E-state index in [4.69, 9.17) is 14.7 Å². The van der Waals surface area contributed by atoms with Crippen molar-refractivity contribution < 1.29 is 27.5 Å². The first-order chi connectivity index (χ1) is 15.6. The van der Waals surface area contributed by atoms with Gasteiger partial charge in [0.15, 0.2) is 6.10 Å². The van der Waals surface area contributed by atoms with Crippen LogP contribution in [0.15, 0.2) is 53.4 Å². The zero-order valence-corrected chi connectivity index (χ0v) is 19.3. The number of anilines is 1. The first-order valence-electron chi connectivity index (χ1n) is 10.4. The molecule has 0 aliphatic carbocycles. The first kappa shape index (κ1) is 24.4. The molecular weight excluding hydrogens is 446 g/mol. The summed E-state index contributed by atoms with van der Waals surface area (Å²) in [7, 11) is -3.73. The van der Waals surface area contributed by atoms with Gasteiger partial charge in [-0.05, 0) is 63.2 Å². The molecule has 9 nitrogen and oxygen atoms in total. The summed E-state index contributed by atoms with van der Waals surface area (Å²) >= 11 is 0. The van der Waals surface area contributed by atoms with Gasteiger partial charge in [-0.1, -0.05) is 6.07 Å². The van der Waals surface area contributed by atoms with Crippen molar-refractivity contribution in [1.29, 1.82) is 5.26 Å². The normalized spacial score (nSPS) is 19.8. The molecule has 33 heavy (non-hydrogen) atoms. The molecule has 2 aromatic rings. The Bertz CT molecular complexity index is 1160. The Balaban J connectivity index is 1.63. The fourth-order valence-electron chi connectivity index (χ4n) is 3.43. The minimum atomic E-state index is -3.73. The minimum absolute atomic E-state index is 0.0588. The van der Waals surface area contributed by atoms with Gasteiger partial charge < -0.3 is 14.8 Å². The lowest BCUT2D eigenvalue weighted by Gasteiger charge is -2.34. The van der Waals surface area contributed by atoms with Gasteiger partial charge in [-0.2, -0.15) is 9.57 Å². The molecule has 1 N–H and O–H groups in total. The van der Waals surface area contributed by atoms with E-state index in [0.717, 1.165) is 0 Å². The Morgan fingerprint density at radius 2 is 1.79 bits per heavy atom. The molecular formula is C23H25N3O6S. The summed E-state index contributed by atoms with van der Waals surface area (Å²) in [5.74, 6) is -1.32. The van der Waals surface area contributed by atoms with Crippen molar-refractivity contribution in [1.82, 2.24) is 4.31 Å². The molecule has 2 aromatic carbocycles. The summed E-state index contributed by atoms with van der Waals surface area (Å²) in [6.45, 7) is 5.55. The number of amides is 1. The van der Waals surface area contributed by atoms with E-state index < -0.39 is 28.0 Å². The van der Waals surface area contributed by atoms with E-state index in [-0.39, 0.29) is 35.8 Å². The van der Waals surface area contributed by atoms with Crippen molar-refractivity contribution in [2.45, 2.75) is 44.0 Å². The third kappa shape index (κ3) is 5.96. The van der Waals surface area contributed by atoms with Crippen molar-refractivity contribution in [2.24, 2.45) is 0 Å². The van der Waals surface area contributed by atoms with E-state index in [1.165, 1.54) is 41.6 Å². The number of esters is 1. The summed E-state index contributed by atoms with van der Waals surface area (Å²) in [6.07, 6.45) is -1.54. The highest BCUT2D eigenvalue weighted by Gasteiger charge is 2.32. The smallest absolute Gasteiger partial charge is 0.338 e. The molecule has 0 radical (unpaired) electrons. The molecule has 0 bridgehead atoms. The predicted molar refractivity (Wildman–Crippen MR) is 120 cm³/mol. The van der Waals surface area contributed by atoms with E-state index in [0.29, 0.717) is 11.3 Å². The van der Waals surface area contributed by atoms with Crippen LogP contribution in [0.2, 0.25) is 0 Å². The van der Waals surface area contributed by atoms with Crippen molar-refractivity contribution >= 4 is 27.6 Å². The molecule has 1 saturated heterocycles. The highest BCUT2D eigenvalue weighted by atomic mass is 32.2. The zero-order valence-electron chi connectivity index (χ0n) is 18.5. The minimum Gasteiger partial charge on any atom is -0.449 e. The lowest BCUT2D eigenvalue weighted by Crippen LogP contribution is -2.48. The average Bonchev–Trinajstić information content (AvgIpc) is 2.78. The van der Waals surface area contributed by atoms with E-state index in [2.05, 4.69) is 5.32 Å². The van der Waals surface area contributed by atoms with Crippen LogP contribution in [0.5, 0.6) is 0 Å². The number of nitrogens with zero attached hydrogens (tertiary/aromatic N) is 2. The van der Waals surface area contributed by atoms with Gasteiger partial charge in [0.1, 0.15) is 0 Å². The van der Waals surface area contributed by atoms with Crippen molar-refractivity contribution in [2.75, 3.05) is 18.4 Å². The fraction of sp³-hybridized carbons (Fsp3) is 0.348. The number of sulfonamides is 1. The standard InChI is InChI=1S/C23H25N3O6S/c1-15-13-26(14-16(2)31-15)33(29,30)21-9-7-19(8-10-21)23(28)32-17(3)22(27)25-20-6-4-5-18(11-20)12-24/h4-11,15-17H,13-14H2,1-3H3,(H,25,27). The number of hydrogen-bond acceptors (Lipinski definition) is 7. The Labute approximate surface area is 193 Å². The highest BCUT2D eigenvalue weighted by molar-refractivity contribution is 7.89. The number of carbonyl (C=O) groups is 2. The second-order valence-corrected chi connectivity index (χ2v) is 9.77. The van der Waals surface area contributed by atoms with E-state index >= 15 is 0 Å². The molecule has 1 fully saturated rings. The number of nitrogens with one attached hydrogen (secondary N) is 1. The summed E-state index contributed by atoms with van der Waals surface area (Å²) in [5.41, 5.74) is 0.903. The summed E-state index contributed by atoms with van der Waals surface area (Å²) in [6, 6.07) is 13.7. The second kappa shape index (κ2) is 10.1. The average molecular weight is 472 g/mol. The third-order valence-electron chi connectivity index (χ3n) is 5.03. The summed E-state index contributed by atoms with van der Waals surface area (Å²) in [4.78, 5) is 24.8. The molecule has 3 unspecified atom stereocenters. The molecule has 0 saturated carbocycles. The number of ether oxygens (including phenoxy) is 2. The zero-order chi connectivity index (χ0) is 24.2. The van der Waals surface area contributed by atoms with Gasteiger partial charge in [0.2, 0.25) is 10.0 Å². The van der Waals surface area contributed by atoms with Gasteiger partial charge >= 0.3 is 5.97 Å². The maximum absolute atomic E-state index is 12.9. The second-order valence-electron chi connectivity index (χ2n) is 7.83. The predicted octanol–water partition coefficient (Wildman–Crippen LogP) is 2.54. The van der Waals surface area contributed by atoms with Crippen LogP contribution in [0, 0.1) is 11.3 Å². The molecule has 1 amide bonds. The van der Waals surface area contributed by atoms with Crippen molar-refractivity contribution in [3.05, 3.63) is 59.7 Å². The van der Waals surface area contributed by atoms with E-state index in [1.54, 1.807) is 18.2 Å². The van der Waals surface area contributed by atoms with Crippen LogP contribution in [-0.4, -0.2) is 56.0 Å². The number of carbonyl (C=O) groups excluding carboxylic acids is 2. The monoisotopic (exact) mass is 471 g/mol. The summed E-state index contributed by atoms with van der Waals surface area (Å²) in [5, 5.41) is 11.5. The molecule has 1 aliphatic rings. The van der Waals surface area contributed by atoms with E-state index in [1.807, 2.05) is 19.9 Å². The Kier molecular flexibility index (Phi) is 7.48. The molecule has 0 aromatic heterocycles. The fourth-order valence-corrected chi connectivity index (χ4v) is 5.02. The van der Waals surface area contributed by atoms with Gasteiger partial charge in [-0.3, -0.25) is 4.79 Å². The van der Waals surface area contributed by atoms with Crippen LogP contribution >= 0.6 is 0 Å². The van der Waals surface area contributed by atoms with Crippen molar-refractivity contribution in [3.8, 4) is 6.07 Å². The first-order valence-corrected chi connectivity index (χ1v) is 11.8. The number of rotatable bonds is 6. The van der Waals surface area contributed by atoms with Crippen LogP contribution in [0.3, 0.4) is 0 Å². The van der Waals surface area contributed by atoms with Gasteiger partial charge in [0.25, 0.3) is 5.91 Å². The molecule has 3 rings (SSSR count). The van der Waals surface area contributed by atoms with Gasteiger partial charge in [0.05, 0.1) is 34.3 Å².